The molecule has 0 aromatic carbocycles. The van der Waals surface area contributed by atoms with Crippen molar-refractivity contribution < 1.29 is 5.11 Å². The maximum Gasteiger partial charge on any atom is 0.0431 e. The van der Waals surface area contributed by atoms with E-state index in [0.29, 0.717) is 6.61 Å². The third-order valence-corrected chi connectivity index (χ3v) is 4.32. The maximum absolute atomic E-state index is 8.71. The fourth-order valence-corrected chi connectivity index (χ4v) is 3.29. The van der Waals surface area contributed by atoms with E-state index in [2.05, 4.69) is 18.7 Å². The van der Waals surface area contributed by atoms with Gasteiger partial charge in [0, 0.05) is 11.9 Å². The van der Waals surface area contributed by atoms with Crippen LogP contribution in [0.4, 0.5) is 0 Å². The summed E-state index contributed by atoms with van der Waals surface area (Å²) in [6.45, 7) is 2.69. The second kappa shape index (κ2) is 5.87. The minimum absolute atomic E-state index is 0.363. The van der Waals surface area contributed by atoms with Crippen LogP contribution in [0.1, 0.15) is 39.0 Å². The minimum atomic E-state index is 0.363. The molecular weight excluding hydrogens is 168 g/mol. The number of aliphatic hydroxyl groups excluding tert-OH is 1. The number of thioether (sulfide) groups is 1. The summed E-state index contributed by atoms with van der Waals surface area (Å²) in [7, 11) is 0. The van der Waals surface area contributed by atoms with E-state index in [4.69, 9.17) is 5.11 Å². The Balaban J connectivity index is 2.15. The van der Waals surface area contributed by atoms with E-state index in [0.717, 1.165) is 17.6 Å². The third kappa shape index (κ3) is 3.36. The maximum atomic E-state index is 8.71. The van der Waals surface area contributed by atoms with E-state index >= 15 is 0 Å². The van der Waals surface area contributed by atoms with Crippen LogP contribution in [0.15, 0.2) is 0 Å². The van der Waals surface area contributed by atoms with Gasteiger partial charge in [0.25, 0.3) is 0 Å². The van der Waals surface area contributed by atoms with E-state index in [1.807, 2.05) is 0 Å². The minimum Gasteiger partial charge on any atom is -0.396 e. The van der Waals surface area contributed by atoms with Crippen molar-refractivity contribution in [2.75, 3.05) is 12.4 Å². The molecule has 1 saturated heterocycles. The highest BCUT2D eigenvalue weighted by molar-refractivity contribution is 7.99. The molecule has 0 spiro atoms. The van der Waals surface area contributed by atoms with Crippen molar-refractivity contribution in [3.05, 3.63) is 0 Å². The Hall–Kier alpha value is 0.310. The van der Waals surface area contributed by atoms with Crippen molar-refractivity contribution in [3.63, 3.8) is 0 Å². The van der Waals surface area contributed by atoms with Gasteiger partial charge >= 0.3 is 0 Å². The molecular formula is C10H20OS. The number of hydrogen-bond acceptors (Lipinski definition) is 2. The van der Waals surface area contributed by atoms with Crippen LogP contribution >= 0.6 is 11.8 Å². The monoisotopic (exact) mass is 188 g/mol. The number of rotatable bonds is 4. The van der Waals surface area contributed by atoms with E-state index in [1.165, 1.54) is 31.4 Å². The van der Waals surface area contributed by atoms with Crippen molar-refractivity contribution in [1.29, 1.82) is 0 Å². The summed E-state index contributed by atoms with van der Waals surface area (Å²) in [4.78, 5) is 0. The standard InChI is InChI=1S/C10H20OS/c1-9(5-4-7-11)10-6-2-3-8-12-10/h9-11H,2-8H2,1H3. The molecule has 0 radical (unpaired) electrons. The molecule has 1 heterocycles. The van der Waals surface area contributed by atoms with Gasteiger partial charge in [0.05, 0.1) is 0 Å². The van der Waals surface area contributed by atoms with Crippen LogP contribution < -0.4 is 0 Å². The summed E-state index contributed by atoms with van der Waals surface area (Å²) in [5.41, 5.74) is 0. The van der Waals surface area contributed by atoms with Gasteiger partial charge < -0.3 is 5.11 Å². The molecule has 1 aliphatic rings. The quantitative estimate of drug-likeness (QED) is 0.732. The smallest absolute Gasteiger partial charge is 0.0431 e. The van der Waals surface area contributed by atoms with Gasteiger partial charge in [-0.25, -0.2) is 0 Å². The summed E-state index contributed by atoms with van der Waals surface area (Å²) in [5, 5.41) is 9.59. The van der Waals surface area contributed by atoms with Crippen molar-refractivity contribution in [2.24, 2.45) is 5.92 Å². The summed E-state index contributed by atoms with van der Waals surface area (Å²) in [6, 6.07) is 0. The average Bonchev–Trinajstić information content (AvgIpc) is 2.15. The molecule has 2 heteroatoms. The summed E-state index contributed by atoms with van der Waals surface area (Å²) in [6.07, 6.45) is 6.42. The SMILES string of the molecule is CC(CCCO)C1CCCCS1. The van der Waals surface area contributed by atoms with Crippen LogP contribution in [-0.4, -0.2) is 22.7 Å². The van der Waals surface area contributed by atoms with Gasteiger partial charge in [-0.3, -0.25) is 0 Å². The predicted octanol–water partition coefficient (Wildman–Crippen LogP) is 2.68. The van der Waals surface area contributed by atoms with Crippen LogP contribution in [-0.2, 0) is 0 Å². The van der Waals surface area contributed by atoms with Gasteiger partial charge in [-0.05, 0) is 37.4 Å². The third-order valence-electron chi connectivity index (χ3n) is 2.67. The first kappa shape index (κ1) is 10.4. The van der Waals surface area contributed by atoms with Gasteiger partial charge in [-0.15, -0.1) is 0 Å². The molecule has 0 bridgehead atoms. The molecule has 1 aliphatic heterocycles. The highest BCUT2D eigenvalue weighted by Gasteiger charge is 2.19. The van der Waals surface area contributed by atoms with Crippen molar-refractivity contribution in [2.45, 2.75) is 44.3 Å². The molecule has 0 aliphatic carbocycles. The van der Waals surface area contributed by atoms with Gasteiger partial charge in [0.15, 0.2) is 0 Å². The normalized spacial score (nSPS) is 27.0. The molecule has 0 aromatic rings. The van der Waals surface area contributed by atoms with Crippen LogP contribution in [0.3, 0.4) is 0 Å². The molecule has 1 N–H and O–H groups in total. The van der Waals surface area contributed by atoms with E-state index in [1.54, 1.807) is 0 Å². The van der Waals surface area contributed by atoms with Gasteiger partial charge in [0.2, 0.25) is 0 Å². The van der Waals surface area contributed by atoms with Crippen LogP contribution in [0, 0.1) is 5.92 Å². The van der Waals surface area contributed by atoms with Gasteiger partial charge in [-0.2, -0.15) is 11.8 Å². The first-order chi connectivity index (χ1) is 5.84. The molecule has 2 unspecified atom stereocenters. The van der Waals surface area contributed by atoms with Gasteiger partial charge in [0.1, 0.15) is 0 Å². The van der Waals surface area contributed by atoms with Gasteiger partial charge in [-0.1, -0.05) is 13.3 Å². The zero-order chi connectivity index (χ0) is 8.81. The fourth-order valence-electron chi connectivity index (χ4n) is 1.81. The lowest BCUT2D eigenvalue weighted by molar-refractivity contribution is 0.271. The van der Waals surface area contributed by atoms with E-state index < -0.39 is 0 Å². The second-order valence-electron chi connectivity index (χ2n) is 3.75. The molecule has 0 amide bonds. The van der Waals surface area contributed by atoms with Crippen molar-refractivity contribution in [1.82, 2.24) is 0 Å². The first-order valence-electron chi connectivity index (χ1n) is 5.07. The lowest BCUT2D eigenvalue weighted by Crippen LogP contribution is -2.18. The fraction of sp³-hybridized carbons (Fsp3) is 1.00. The van der Waals surface area contributed by atoms with Crippen molar-refractivity contribution in [3.8, 4) is 0 Å². The molecule has 1 rings (SSSR count). The average molecular weight is 188 g/mol. The highest BCUT2D eigenvalue weighted by Crippen LogP contribution is 2.32. The Kier molecular flexibility index (Phi) is 5.08. The zero-order valence-electron chi connectivity index (χ0n) is 7.96. The molecule has 1 nitrogen and oxygen atoms in total. The topological polar surface area (TPSA) is 20.2 Å². The van der Waals surface area contributed by atoms with Crippen LogP contribution in [0.5, 0.6) is 0 Å². The molecule has 2 atom stereocenters. The number of hydrogen-bond donors (Lipinski definition) is 1. The number of aliphatic hydroxyl groups is 1. The zero-order valence-corrected chi connectivity index (χ0v) is 8.78. The van der Waals surface area contributed by atoms with Crippen LogP contribution in [0.25, 0.3) is 0 Å². The Morgan fingerprint density at radius 2 is 2.33 bits per heavy atom. The lowest BCUT2D eigenvalue weighted by atomic mass is 9.97. The first-order valence-corrected chi connectivity index (χ1v) is 6.12. The molecule has 1 fully saturated rings. The summed E-state index contributed by atoms with van der Waals surface area (Å²) in [5.74, 6) is 2.16. The lowest BCUT2D eigenvalue weighted by Gasteiger charge is -2.26. The second-order valence-corrected chi connectivity index (χ2v) is 5.10. The predicted molar refractivity (Wildman–Crippen MR) is 55.6 cm³/mol. The molecule has 0 aromatic heterocycles. The molecule has 12 heavy (non-hydrogen) atoms. The molecule has 72 valence electrons. The van der Waals surface area contributed by atoms with E-state index in [-0.39, 0.29) is 0 Å². The Labute approximate surface area is 79.9 Å². The molecule has 0 saturated carbocycles. The van der Waals surface area contributed by atoms with Crippen LogP contribution in [0.2, 0.25) is 0 Å². The largest absolute Gasteiger partial charge is 0.396 e. The Bertz CT molecular complexity index is 110. The highest BCUT2D eigenvalue weighted by atomic mass is 32.2. The Morgan fingerprint density at radius 3 is 2.92 bits per heavy atom. The van der Waals surface area contributed by atoms with Crippen molar-refractivity contribution >= 4 is 11.8 Å². The Morgan fingerprint density at radius 1 is 1.50 bits per heavy atom. The summed E-state index contributed by atoms with van der Waals surface area (Å²) < 4.78 is 0. The van der Waals surface area contributed by atoms with E-state index in [9.17, 15) is 0 Å². The summed E-state index contributed by atoms with van der Waals surface area (Å²) >= 11 is 2.14.